The second-order valence-electron chi connectivity index (χ2n) is 4.75. The highest BCUT2D eigenvalue weighted by Crippen LogP contribution is 2.15. The van der Waals surface area contributed by atoms with Gasteiger partial charge in [-0.15, -0.1) is 0 Å². The van der Waals surface area contributed by atoms with Crippen LogP contribution in [-0.4, -0.2) is 51.1 Å². The Balaban J connectivity index is 2.93. The van der Waals surface area contributed by atoms with Gasteiger partial charge in [0.2, 0.25) is 0 Å². The van der Waals surface area contributed by atoms with Gasteiger partial charge >= 0.3 is 5.97 Å². The van der Waals surface area contributed by atoms with Crippen LogP contribution in [0.25, 0.3) is 0 Å². The van der Waals surface area contributed by atoms with Crippen molar-refractivity contribution in [2.45, 2.75) is 13.3 Å². The number of rotatable bonds is 6. The number of carbonyl (C=O) groups excluding carboxylic acids is 2. The number of carbonyl (C=O) groups is 2. The lowest BCUT2D eigenvalue weighted by Gasteiger charge is -2.21. The van der Waals surface area contributed by atoms with E-state index in [1.54, 1.807) is 6.07 Å². The summed E-state index contributed by atoms with van der Waals surface area (Å²) in [6, 6.07) is 7.35. The molecule has 0 N–H and O–H groups in total. The van der Waals surface area contributed by atoms with Gasteiger partial charge in [-0.2, -0.15) is 0 Å². The number of hydrogen-bond acceptors (Lipinski definition) is 4. The molecule has 0 aliphatic heterocycles. The minimum absolute atomic E-state index is 0.0185. The Bertz CT molecular complexity index is 472. The van der Waals surface area contributed by atoms with Crippen molar-refractivity contribution in [1.82, 2.24) is 4.90 Å². The van der Waals surface area contributed by atoms with Gasteiger partial charge in [-0.1, -0.05) is 13.0 Å². The van der Waals surface area contributed by atoms with Crippen molar-refractivity contribution in [2.75, 3.05) is 39.2 Å². The SMILES string of the molecule is CCCN(CC(=O)OC)C(=O)c1cccc(N(C)C)c1. The molecule has 20 heavy (non-hydrogen) atoms. The van der Waals surface area contributed by atoms with E-state index in [4.69, 9.17) is 0 Å². The van der Waals surface area contributed by atoms with E-state index in [2.05, 4.69) is 4.74 Å². The van der Waals surface area contributed by atoms with E-state index in [-0.39, 0.29) is 12.5 Å². The molecule has 0 heterocycles. The zero-order valence-corrected chi connectivity index (χ0v) is 12.5. The lowest BCUT2D eigenvalue weighted by Crippen LogP contribution is -2.36. The number of hydrogen-bond donors (Lipinski definition) is 0. The van der Waals surface area contributed by atoms with E-state index in [9.17, 15) is 9.59 Å². The third-order valence-corrected chi connectivity index (χ3v) is 2.94. The Morgan fingerprint density at radius 3 is 2.50 bits per heavy atom. The van der Waals surface area contributed by atoms with Crippen LogP contribution in [-0.2, 0) is 9.53 Å². The first-order valence-corrected chi connectivity index (χ1v) is 6.63. The van der Waals surface area contributed by atoms with Crippen molar-refractivity contribution in [3.8, 4) is 0 Å². The number of nitrogens with zero attached hydrogens (tertiary/aromatic N) is 2. The minimum atomic E-state index is -0.407. The summed E-state index contributed by atoms with van der Waals surface area (Å²) in [4.78, 5) is 27.3. The smallest absolute Gasteiger partial charge is 0.325 e. The maximum atomic E-state index is 12.5. The topological polar surface area (TPSA) is 49.9 Å². The summed E-state index contributed by atoms with van der Waals surface area (Å²) >= 11 is 0. The lowest BCUT2D eigenvalue weighted by atomic mass is 10.1. The molecule has 0 radical (unpaired) electrons. The minimum Gasteiger partial charge on any atom is -0.468 e. The first-order valence-electron chi connectivity index (χ1n) is 6.63. The van der Waals surface area contributed by atoms with Gasteiger partial charge in [0.1, 0.15) is 6.54 Å². The molecule has 1 amide bonds. The highest BCUT2D eigenvalue weighted by Gasteiger charge is 2.18. The predicted octanol–water partition coefficient (Wildman–Crippen LogP) is 1.78. The summed E-state index contributed by atoms with van der Waals surface area (Å²) in [5.41, 5.74) is 1.53. The molecule has 0 atom stereocenters. The number of anilines is 1. The van der Waals surface area contributed by atoms with Crippen molar-refractivity contribution in [2.24, 2.45) is 0 Å². The van der Waals surface area contributed by atoms with Gasteiger partial charge in [-0.05, 0) is 24.6 Å². The van der Waals surface area contributed by atoms with Crippen molar-refractivity contribution in [3.05, 3.63) is 29.8 Å². The van der Waals surface area contributed by atoms with Crippen molar-refractivity contribution in [1.29, 1.82) is 0 Å². The van der Waals surface area contributed by atoms with Crippen molar-refractivity contribution >= 4 is 17.6 Å². The van der Waals surface area contributed by atoms with E-state index in [0.29, 0.717) is 12.1 Å². The molecule has 0 aliphatic carbocycles. The molecule has 0 spiro atoms. The number of benzene rings is 1. The average Bonchev–Trinajstić information content (AvgIpc) is 2.45. The Hall–Kier alpha value is -2.04. The molecule has 0 unspecified atom stereocenters. The zero-order valence-electron chi connectivity index (χ0n) is 12.5. The van der Waals surface area contributed by atoms with Gasteiger partial charge in [-0.25, -0.2) is 0 Å². The number of methoxy groups -OCH3 is 1. The molecule has 0 fully saturated rings. The van der Waals surface area contributed by atoms with Crippen LogP contribution in [0.2, 0.25) is 0 Å². The number of ether oxygens (including phenoxy) is 1. The molecule has 1 aromatic rings. The van der Waals surface area contributed by atoms with Gasteiger partial charge in [-0.3, -0.25) is 9.59 Å². The molecular formula is C15H22N2O3. The second-order valence-corrected chi connectivity index (χ2v) is 4.75. The first kappa shape index (κ1) is 16.0. The third kappa shape index (κ3) is 4.26. The van der Waals surface area contributed by atoms with Crippen molar-refractivity contribution in [3.63, 3.8) is 0 Å². The molecule has 5 heteroatoms. The monoisotopic (exact) mass is 278 g/mol. The molecule has 0 aromatic heterocycles. The van der Waals surface area contributed by atoms with Crippen molar-refractivity contribution < 1.29 is 14.3 Å². The number of amides is 1. The lowest BCUT2D eigenvalue weighted by molar-refractivity contribution is -0.141. The largest absolute Gasteiger partial charge is 0.468 e. The normalized spacial score (nSPS) is 10.0. The summed E-state index contributed by atoms with van der Waals surface area (Å²) < 4.78 is 4.63. The van der Waals surface area contributed by atoms with Crippen LogP contribution in [0.4, 0.5) is 5.69 Å². The van der Waals surface area contributed by atoms with E-state index < -0.39 is 5.97 Å². The van der Waals surface area contributed by atoms with E-state index in [1.807, 2.05) is 44.1 Å². The van der Waals surface area contributed by atoms with E-state index in [1.165, 1.54) is 12.0 Å². The van der Waals surface area contributed by atoms with E-state index >= 15 is 0 Å². The summed E-state index contributed by atoms with van der Waals surface area (Å²) in [6.07, 6.45) is 0.788. The van der Waals surface area contributed by atoms with Gasteiger partial charge < -0.3 is 14.5 Å². The Morgan fingerprint density at radius 1 is 1.25 bits per heavy atom. The van der Waals surface area contributed by atoms with E-state index in [0.717, 1.165) is 12.1 Å². The van der Waals surface area contributed by atoms with Crippen LogP contribution in [0.1, 0.15) is 23.7 Å². The fourth-order valence-corrected chi connectivity index (χ4v) is 1.84. The Labute approximate surface area is 120 Å². The van der Waals surface area contributed by atoms with Crippen LogP contribution in [0.3, 0.4) is 0 Å². The molecule has 0 aliphatic rings. The molecule has 0 saturated heterocycles. The summed E-state index contributed by atoms with van der Waals surface area (Å²) in [5.74, 6) is -0.559. The third-order valence-electron chi connectivity index (χ3n) is 2.94. The summed E-state index contributed by atoms with van der Waals surface area (Å²) in [7, 11) is 5.16. The summed E-state index contributed by atoms with van der Waals surface area (Å²) in [5, 5.41) is 0. The van der Waals surface area contributed by atoms with Crippen LogP contribution in [0.15, 0.2) is 24.3 Å². The Morgan fingerprint density at radius 2 is 1.95 bits per heavy atom. The highest BCUT2D eigenvalue weighted by atomic mass is 16.5. The maximum absolute atomic E-state index is 12.5. The summed E-state index contributed by atoms with van der Waals surface area (Å²) in [6.45, 7) is 2.48. The van der Waals surface area contributed by atoms with Gasteiger partial charge in [0.25, 0.3) is 5.91 Å². The molecule has 110 valence electrons. The van der Waals surface area contributed by atoms with Gasteiger partial charge in [0.15, 0.2) is 0 Å². The van der Waals surface area contributed by atoms with Crippen LogP contribution in [0, 0.1) is 0 Å². The fraction of sp³-hybridized carbons (Fsp3) is 0.467. The molecular weight excluding hydrogens is 256 g/mol. The number of esters is 1. The zero-order chi connectivity index (χ0) is 15.1. The van der Waals surface area contributed by atoms with Crippen LogP contribution >= 0.6 is 0 Å². The molecule has 1 aromatic carbocycles. The predicted molar refractivity (Wildman–Crippen MR) is 79.0 cm³/mol. The quantitative estimate of drug-likeness (QED) is 0.744. The first-order chi connectivity index (χ1) is 9.49. The second kappa shape index (κ2) is 7.53. The molecule has 1 rings (SSSR count). The highest BCUT2D eigenvalue weighted by molar-refractivity contribution is 5.96. The van der Waals surface area contributed by atoms with Crippen LogP contribution in [0.5, 0.6) is 0 Å². The maximum Gasteiger partial charge on any atom is 0.325 e. The van der Waals surface area contributed by atoms with Gasteiger partial charge in [0.05, 0.1) is 7.11 Å². The fourth-order valence-electron chi connectivity index (χ4n) is 1.84. The van der Waals surface area contributed by atoms with Crippen LogP contribution < -0.4 is 4.90 Å². The standard InChI is InChI=1S/C15H22N2O3/c1-5-9-17(11-14(18)20-4)15(19)12-7-6-8-13(10-12)16(2)3/h6-8,10H,5,9,11H2,1-4H3. The molecule has 5 nitrogen and oxygen atoms in total. The molecule has 0 bridgehead atoms. The average molecular weight is 278 g/mol. The van der Waals surface area contributed by atoms with Gasteiger partial charge in [0, 0.05) is 31.9 Å². The Kier molecular flexibility index (Phi) is 6.03. The molecule has 0 saturated carbocycles.